The first-order valence-electron chi connectivity index (χ1n) is 17.5. The van der Waals surface area contributed by atoms with Crippen molar-refractivity contribution in [3.8, 4) is 28.3 Å². The van der Waals surface area contributed by atoms with Crippen molar-refractivity contribution in [2.24, 2.45) is 0 Å². The van der Waals surface area contributed by atoms with Crippen LogP contribution >= 0.6 is 11.3 Å². The molecule has 5 aromatic carbocycles. The maximum atomic E-state index is 5.17. The zero-order chi connectivity index (χ0) is 35.0. The van der Waals surface area contributed by atoms with E-state index in [-0.39, 0.29) is 20.1 Å². The van der Waals surface area contributed by atoms with Crippen LogP contribution < -0.4 is 4.40 Å². The number of hydrogen-bond donors (Lipinski definition) is 0. The molecule has 0 spiro atoms. The van der Waals surface area contributed by atoms with E-state index in [2.05, 4.69) is 158 Å². The van der Waals surface area contributed by atoms with Crippen LogP contribution in [0.25, 0.3) is 59.5 Å². The summed E-state index contributed by atoms with van der Waals surface area (Å²) in [6, 6.07) is 47.3. The Morgan fingerprint density at radius 2 is 1.39 bits per heavy atom. The maximum Gasteiger partial charge on any atom is 0 e. The molecule has 0 aliphatic carbocycles. The van der Waals surface area contributed by atoms with Crippen LogP contribution in [0.15, 0.2) is 121 Å². The second-order valence-electron chi connectivity index (χ2n) is 14.5. The van der Waals surface area contributed by atoms with Gasteiger partial charge in [0.25, 0.3) is 0 Å². The number of thiophene rings is 1. The number of hydrogen-bond acceptors (Lipinski definition) is 3. The summed E-state index contributed by atoms with van der Waals surface area (Å²) in [4.78, 5) is 9.70. The van der Waals surface area contributed by atoms with E-state index in [0.29, 0.717) is 11.8 Å². The Hall–Kier alpha value is -3.87. The maximum absolute atomic E-state index is 5.17. The Balaban J connectivity index is 0.000000222. The second-order valence-corrected chi connectivity index (χ2v) is 26.3. The van der Waals surface area contributed by atoms with E-state index in [9.17, 15) is 0 Å². The molecule has 259 valence electrons. The number of benzene rings is 5. The second kappa shape index (κ2) is 15.4. The van der Waals surface area contributed by atoms with Crippen molar-refractivity contribution >= 4 is 60.2 Å². The van der Waals surface area contributed by atoms with Gasteiger partial charge >= 0.3 is 99.8 Å². The van der Waals surface area contributed by atoms with E-state index in [1.165, 1.54) is 41.4 Å². The standard InChI is InChI=1S/C31H27N2S.C14H16GeN.Ir/c1-19(2)22-11-9-12-23(20(3)4)30(22)33-27-14-7-6-13-26(27)32-31(33)21-16-17-29-25(18-21)24-10-5-8-15-28(24)34-29;1-15(2,3)13-9-10-14(16-11-13)12-7-5-4-6-8-12;/h5-15,17-20H,1-4H3;4-7,9-11H,1-3H3;/q2*-1;. The smallest absolute Gasteiger partial charge is 0 e. The van der Waals surface area contributed by atoms with Gasteiger partial charge in [-0.25, -0.2) is 0 Å². The van der Waals surface area contributed by atoms with Gasteiger partial charge in [0.05, 0.1) is 16.9 Å². The van der Waals surface area contributed by atoms with Crippen molar-refractivity contribution in [2.75, 3.05) is 0 Å². The van der Waals surface area contributed by atoms with E-state index < -0.39 is 13.3 Å². The molecule has 6 heteroatoms. The van der Waals surface area contributed by atoms with E-state index in [0.717, 1.165) is 33.7 Å². The average molecular weight is 923 g/mol. The molecule has 8 rings (SSSR count). The first kappa shape index (κ1) is 36.9. The summed E-state index contributed by atoms with van der Waals surface area (Å²) in [6.45, 7) is 9.10. The molecule has 0 bridgehead atoms. The molecule has 0 atom stereocenters. The summed E-state index contributed by atoms with van der Waals surface area (Å²) in [6.07, 6.45) is 2.04. The average Bonchev–Trinajstić information content (AvgIpc) is 3.70. The molecule has 0 aliphatic heterocycles. The predicted molar refractivity (Wildman–Crippen MR) is 218 cm³/mol. The van der Waals surface area contributed by atoms with Crippen molar-refractivity contribution in [2.45, 2.75) is 56.8 Å². The van der Waals surface area contributed by atoms with Crippen LogP contribution in [0.4, 0.5) is 0 Å². The third-order valence-corrected chi connectivity index (χ3v) is 14.7. The summed E-state index contributed by atoms with van der Waals surface area (Å²) in [5.74, 6) is 8.89. The number of rotatable bonds is 6. The SMILES string of the molecule is CC(C)c1cccc(C(C)C)c1-n1c(-c2[c-]cc3sc4ccccc4c3c2)nc2ccccc21.[CH3][Ge]([CH3])([CH3])[c]1ccc(-c2[c-]cccc2)nc1.[Ir]. The minimum Gasteiger partial charge on any atom is 0 e. The predicted octanol–water partition coefficient (Wildman–Crippen LogP) is 12.2. The van der Waals surface area contributed by atoms with Gasteiger partial charge in [0, 0.05) is 30.5 Å². The number of nitrogens with zero attached hydrogens (tertiary/aromatic N) is 3. The van der Waals surface area contributed by atoms with Crippen LogP contribution in [0.2, 0.25) is 17.3 Å². The quantitative estimate of drug-likeness (QED) is 0.123. The van der Waals surface area contributed by atoms with E-state index in [4.69, 9.17) is 4.98 Å². The molecule has 0 saturated heterocycles. The molecule has 0 unspecified atom stereocenters. The summed E-state index contributed by atoms with van der Waals surface area (Å²) >= 11 is 0.110. The Morgan fingerprint density at radius 1 is 0.686 bits per heavy atom. The van der Waals surface area contributed by atoms with Crippen molar-refractivity contribution in [3.63, 3.8) is 0 Å². The van der Waals surface area contributed by atoms with Gasteiger partial charge in [-0.3, -0.25) is 4.98 Å². The van der Waals surface area contributed by atoms with Crippen LogP contribution in [0.1, 0.15) is 50.7 Å². The number of para-hydroxylation sites is 3. The molecule has 0 aliphatic rings. The fourth-order valence-corrected chi connectivity index (χ4v) is 9.79. The zero-order valence-corrected chi connectivity index (χ0v) is 35.6. The molecule has 3 aromatic heterocycles. The Bertz CT molecular complexity index is 2390. The molecule has 0 N–H and O–H groups in total. The molecule has 1 radical (unpaired) electrons. The molecular weight excluding hydrogens is 879 g/mol. The van der Waals surface area contributed by atoms with Crippen molar-refractivity contribution in [1.29, 1.82) is 0 Å². The molecule has 0 saturated carbocycles. The molecule has 0 amide bonds. The van der Waals surface area contributed by atoms with Gasteiger partial charge in [-0.2, -0.15) is 11.3 Å². The molecule has 3 nitrogen and oxygen atoms in total. The largest absolute Gasteiger partial charge is 0 e. The third-order valence-electron chi connectivity index (χ3n) is 9.29. The van der Waals surface area contributed by atoms with Crippen LogP contribution in [-0.4, -0.2) is 27.8 Å². The Kier molecular flexibility index (Phi) is 11.1. The molecule has 0 fully saturated rings. The molecular formula is C45H43GeIrN3S-2. The van der Waals surface area contributed by atoms with Gasteiger partial charge < -0.3 is 4.57 Å². The van der Waals surface area contributed by atoms with Crippen molar-refractivity contribution in [1.82, 2.24) is 14.5 Å². The number of pyridine rings is 1. The summed E-state index contributed by atoms with van der Waals surface area (Å²) in [7, 11) is 0. The molecule has 3 heterocycles. The van der Waals surface area contributed by atoms with Crippen molar-refractivity contribution in [3.05, 3.63) is 145 Å². The first-order chi connectivity index (χ1) is 24.1. The van der Waals surface area contributed by atoms with Gasteiger partial charge in [0.1, 0.15) is 0 Å². The van der Waals surface area contributed by atoms with Gasteiger partial charge in [-0.1, -0.05) is 81.6 Å². The number of fused-ring (bicyclic) bond motifs is 4. The van der Waals surface area contributed by atoms with Gasteiger partial charge in [0.15, 0.2) is 0 Å². The normalized spacial score (nSPS) is 11.6. The molecule has 51 heavy (non-hydrogen) atoms. The monoisotopic (exact) mass is 924 g/mol. The summed E-state index contributed by atoms with van der Waals surface area (Å²) in [5.41, 5.74) is 9.20. The van der Waals surface area contributed by atoms with Gasteiger partial charge in [-0.05, 0) is 51.2 Å². The van der Waals surface area contributed by atoms with Crippen LogP contribution in [0.5, 0.6) is 0 Å². The minimum absolute atomic E-state index is 0. The number of imidazole rings is 1. The van der Waals surface area contributed by atoms with Crippen LogP contribution in [-0.2, 0) is 20.1 Å². The Morgan fingerprint density at radius 3 is 2.06 bits per heavy atom. The fraction of sp³-hybridized carbons (Fsp3) is 0.200. The zero-order valence-electron chi connectivity index (χ0n) is 30.3. The molecule has 8 aromatic rings. The number of aromatic nitrogens is 3. The summed E-state index contributed by atoms with van der Waals surface area (Å²) in [5, 5.41) is 2.57. The fourth-order valence-electron chi connectivity index (χ4n) is 6.55. The van der Waals surface area contributed by atoms with Crippen LogP contribution in [0.3, 0.4) is 0 Å². The van der Waals surface area contributed by atoms with E-state index >= 15 is 0 Å². The summed E-state index contributed by atoms with van der Waals surface area (Å²) < 4.78 is 6.40. The van der Waals surface area contributed by atoms with E-state index in [1.54, 1.807) is 0 Å². The van der Waals surface area contributed by atoms with E-state index in [1.807, 2.05) is 41.8 Å². The van der Waals surface area contributed by atoms with Crippen molar-refractivity contribution < 1.29 is 20.1 Å². The topological polar surface area (TPSA) is 30.7 Å². The van der Waals surface area contributed by atoms with Crippen LogP contribution in [0, 0.1) is 12.1 Å². The third kappa shape index (κ3) is 7.54. The van der Waals surface area contributed by atoms with Gasteiger partial charge in [-0.15, -0.1) is 23.8 Å². The minimum atomic E-state index is -1.72. The Labute approximate surface area is 322 Å². The first-order valence-corrected chi connectivity index (χ1v) is 25.6. The van der Waals surface area contributed by atoms with Gasteiger partial charge in [0.2, 0.25) is 0 Å².